The molecule has 0 spiro atoms. The SMILES string of the molecule is CCc1ccc(OCC(=O)Nn2cnc3sc(C)c(-c4ccccc4)c3c2=O)cc1. The van der Waals surface area contributed by atoms with Crippen LogP contribution in [0.5, 0.6) is 5.75 Å². The molecular weight excluding hydrogens is 398 g/mol. The van der Waals surface area contributed by atoms with Crippen LogP contribution in [0.3, 0.4) is 0 Å². The average Bonchev–Trinajstić information content (AvgIpc) is 3.12. The maximum Gasteiger partial charge on any atom is 0.281 e. The molecule has 30 heavy (non-hydrogen) atoms. The number of aromatic nitrogens is 2. The molecule has 2 aromatic carbocycles. The maximum atomic E-state index is 13.1. The van der Waals surface area contributed by atoms with Crippen LogP contribution >= 0.6 is 11.3 Å². The van der Waals surface area contributed by atoms with Crippen LogP contribution in [0.4, 0.5) is 0 Å². The van der Waals surface area contributed by atoms with E-state index < -0.39 is 5.91 Å². The first-order chi connectivity index (χ1) is 14.6. The second-order valence-electron chi connectivity index (χ2n) is 6.82. The van der Waals surface area contributed by atoms with Gasteiger partial charge in [-0.3, -0.25) is 15.0 Å². The Balaban J connectivity index is 1.56. The normalized spacial score (nSPS) is 10.9. The van der Waals surface area contributed by atoms with Gasteiger partial charge in [-0.05, 0) is 36.6 Å². The highest BCUT2D eigenvalue weighted by atomic mass is 32.1. The van der Waals surface area contributed by atoms with E-state index in [1.807, 2.05) is 61.5 Å². The summed E-state index contributed by atoms with van der Waals surface area (Å²) in [6.45, 7) is 3.84. The molecule has 4 rings (SSSR count). The predicted octanol–water partition coefficient (Wildman–Crippen LogP) is 4.14. The van der Waals surface area contributed by atoms with Gasteiger partial charge in [-0.2, -0.15) is 0 Å². The topological polar surface area (TPSA) is 73.2 Å². The van der Waals surface area contributed by atoms with Gasteiger partial charge in [0.2, 0.25) is 0 Å². The fourth-order valence-corrected chi connectivity index (χ4v) is 4.27. The molecule has 6 nitrogen and oxygen atoms in total. The number of benzene rings is 2. The van der Waals surface area contributed by atoms with E-state index in [0.29, 0.717) is 16.0 Å². The Morgan fingerprint density at radius 3 is 2.57 bits per heavy atom. The Hall–Kier alpha value is -3.45. The van der Waals surface area contributed by atoms with E-state index in [9.17, 15) is 9.59 Å². The standard InChI is InChI=1S/C23H21N3O3S/c1-3-16-9-11-18(12-10-16)29-13-19(27)25-26-14-24-22-21(23(26)28)20(15(2)30-22)17-7-5-4-6-8-17/h4-12,14H,3,13H2,1-2H3,(H,25,27). The Labute approximate surface area is 177 Å². The Morgan fingerprint density at radius 1 is 1.13 bits per heavy atom. The van der Waals surface area contributed by atoms with Crippen molar-refractivity contribution in [3.8, 4) is 16.9 Å². The zero-order valence-corrected chi connectivity index (χ0v) is 17.5. The van der Waals surface area contributed by atoms with Crippen molar-refractivity contribution in [3.05, 3.63) is 81.7 Å². The van der Waals surface area contributed by atoms with Crippen molar-refractivity contribution in [1.82, 2.24) is 9.66 Å². The summed E-state index contributed by atoms with van der Waals surface area (Å²) in [7, 11) is 0. The molecule has 4 aromatic rings. The Kier molecular flexibility index (Phi) is 5.63. The second kappa shape index (κ2) is 8.51. The van der Waals surface area contributed by atoms with Gasteiger partial charge in [-0.25, -0.2) is 9.66 Å². The van der Waals surface area contributed by atoms with E-state index in [1.54, 1.807) is 0 Å². The van der Waals surface area contributed by atoms with E-state index in [-0.39, 0.29) is 12.2 Å². The summed E-state index contributed by atoms with van der Waals surface area (Å²) in [5.74, 6) is 0.161. The third-order valence-electron chi connectivity index (χ3n) is 4.80. The largest absolute Gasteiger partial charge is 0.484 e. The van der Waals surface area contributed by atoms with Gasteiger partial charge in [-0.1, -0.05) is 49.4 Å². The summed E-state index contributed by atoms with van der Waals surface area (Å²) < 4.78 is 6.64. The molecule has 0 aliphatic carbocycles. The number of carbonyl (C=O) groups is 1. The first kappa shape index (κ1) is 19.8. The summed E-state index contributed by atoms with van der Waals surface area (Å²) in [5.41, 5.74) is 5.24. The van der Waals surface area contributed by atoms with E-state index >= 15 is 0 Å². The fraction of sp³-hybridized carbons (Fsp3) is 0.174. The van der Waals surface area contributed by atoms with Crippen LogP contribution in [0.15, 0.2) is 65.7 Å². The smallest absolute Gasteiger partial charge is 0.281 e. The number of nitrogens with one attached hydrogen (secondary N) is 1. The van der Waals surface area contributed by atoms with Gasteiger partial charge in [0.05, 0.1) is 5.39 Å². The third-order valence-corrected chi connectivity index (χ3v) is 5.81. The molecule has 7 heteroatoms. The number of thiophene rings is 1. The molecule has 0 saturated heterocycles. The van der Waals surface area contributed by atoms with Crippen LogP contribution in [0.1, 0.15) is 17.4 Å². The van der Waals surface area contributed by atoms with Crippen LogP contribution in [-0.2, 0) is 11.2 Å². The number of rotatable bonds is 6. The number of ether oxygens (including phenoxy) is 1. The number of amides is 1. The molecular formula is C23H21N3O3S. The van der Waals surface area contributed by atoms with E-state index in [1.165, 1.54) is 23.2 Å². The van der Waals surface area contributed by atoms with Gasteiger partial charge in [0.25, 0.3) is 11.5 Å². The van der Waals surface area contributed by atoms with E-state index in [0.717, 1.165) is 27.1 Å². The van der Waals surface area contributed by atoms with Crippen molar-refractivity contribution < 1.29 is 9.53 Å². The number of hydrogen-bond acceptors (Lipinski definition) is 5. The summed E-state index contributed by atoms with van der Waals surface area (Å²) in [5, 5.41) is 0.502. The zero-order valence-electron chi connectivity index (χ0n) is 16.7. The van der Waals surface area contributed by atoms with Crippen molar-refractivity contribution in [1.29, 1.82) is 0 Å². The van der Waals surface area contributed by atoms with Crippen molar-refractivity contribution in [3.63, 3.8) is 0 Å². The molecule has 2 aromatic heterocycles. The van der Waals surface area contributed by atoms with Crippen molar-refractivity contribution in [2.75, 3.05) is 12.0 Å². The maximum absolute atomic E-state index is 13.1. The van der Waals surface area contributed by atoms with Crippen molar-refractivity contribution in [2.24, 2.45) is 0 Å². The summed E-state index contributed by atoms with van der Waals surface area (Å²) in [6.07, 6.45) is 2.27. The first-order valence-electron chi connectivity index (χ1n) is 9.64. The zero-order chi connectivity index (χ0) is 21.1. The average molecular weight is 420 g/mol. The molecule has 2 heterocycles. The molecule has 0 radical (unpaired) electrons. The minimum absolute atomic E-state index is 0.204. The Bertz CT molecular complexity index is 1240. The minimum atomic E-state index is -0.439. The highest BCUT2D eigenvalue weighted by molar-refractivity contribution is 7.19. The molecule has 0 fully saturated rings. The van der Waals surface area contributed by atoms with Gasteiger partial charge in [0.1, 0.15) is 16.9 Å². The van der Waals surface area contributed by atoms with Gasteiger partial charge in [0.15, 0.2) is 6.61 Å². The van der Waals surface area contributed by atoms with Crippen LogP contribution in [0, 0.1) is 6.92 Å². The summed E-state index contributed by atoms with van der Waals surface area (Å²) >= 11 is 1.46. The number of nitrogens with zero attached hydrogens (tertiary/aromatic N) is 2. The van der Waals surface area contributed by atoms with E-state index in [4.69, 9.17) is 4.74 Å². The molecule has 0 unspecified atom stereocenters. The number of hydrogen-bond donors (Lipinski definition) is 1. The summed E-state index contributed by atoms with van der Waals surface area (Å²) in [4.78, 5) is 31.4. The van der Waals surface area contributed by atoms with Gasteiger partial charge in [0, 0.05) is 10.4 Å². The number of carbonyl (C=O) groups excluding carboxylic acids is 1. The molecule has 1 amide bonds. The summed E-state index contributed by atoms with van der Waals surface area (Å²) in [6, 6.07) is 17.3. The second-order valence-corrected chi connectivity index (χ2v) is 8.02. The molecule has 0 atom stereocenters. The van der Waals surface area contributed by atoms with Crippen LogP contribution in [-0.4, -0.2) is 22.2 Å². The highest BCUT2D eigenvalue weighted by Gasteiger charge is 2.17. The molecule has 0 bridgehead atoms. The lowest BCUT2D eigenvalue weighted by atomic mass is 10.0. The minimum Gasteiger partial charge on any atom is -0.484 e. The van der Waals surface area contributed by atoms with Crippen molar-refractivity contribution in [2.45, 2.75) is 20.3 Å². The lowest BCUT2D eigenvalue weighted by Crippen LogP contribution is -2.35. The molecule has 0 aliphatic rings. The molecule has 152 valence electrons. The van der Waals surface area contributed by atoms with Crippen LogP contribution in [0.25, 0.3) is 21.3 Å². The van der Waals surface area contributed by atoms with E-state index in [2.05, 4.69) is 17.3 Å². The van der Waals surface area contributed by atoms with Gasteiger partial charge in [-0.15, -0.1) is 11.3 Å². The van der Waals surface area contributed by atoms with Crippen molar-refractivity contribution >= 4 is 27.5 Å². The first-order valence-corrected chi connectivity index (χ1v) is 10.5. The molecule has 0 saturated carbocycles. The molecule has 1 N–H and O–H groups in total. The fourth-order valence-electron chi connectivity index (χ4n) is 3.27. The Morgan fingerprint density at radius 2 is 1.87 bits per heavy atom. The quantitative estimate of drug-likeness (QED) is 0.510. The highest BCUT2D eigenvalue weighted by Crippen LogP contribution is 2.35. The monoisotopic (exact) mass is 419 g/mol. The lowest BCUT2D eigenvalue weighted by molar-refractivity contribution is -0.119. The lowest BCUT2D eigenvalue weighted by Gasteiger charge is -2.10. The number of aryl methyl sites for hydroxylation is 2. The van der Waals surface area contributed by atoms with Crippen LogP contribution in [0.2, 0.25) is 0 Å². The number of fused-ring (bicyclic) bond motifs is 1. The van der Waals surface area contributed by atoms with Crippen LogP contribution < -0.4 is 15.7 Å². The third kappa shape index (κ3) is 3.97. The molecule has 0 aliphatic heterocycles. The van der Waals surface area contributed by atoms with Gasteiger partial charge >= 0.3 is 0 Å². The van der Waals surface area contributed by atoms with Gasteiger partial charge < -0.3 is 4.74 Å². The predicted molar refractivity (Wildman–Crippen MR) is 120 cm³/mol.